The van der Waals surface area contributed by atoms with Crippen LogP contribution in [0.4, 0.5) is 11.5 Å². The van der Waals surface area contributed by atoms with Gasteiger partial charge in [0.1, 0.15) is 0 Å². The zero-order valence-electron chi connectivity index (χ0n) is 10.8. The van der Waals surface area contributed by atoms with E-state index in [2.05, 4.69) is 17.2 Å². The normalized spacial score (nSPS) is 23.7. The van der Waals surface area contributed by atoms with E-state index in [0.717, 1.165) is 12.0 Å². The maximum absolute atomic E-state index is 11.0. The zero-order valence-corrected chi connectivity index (χ0v) is 10.8. The van der Waals surface area contributed by atoms with Crippen molar-refractivity contribution < 1.29 is 4.92 Å². The molecule has 1 aliphatic carbocycles. The predicted molar refractivity (Wildman–Crippen MR) is 70.7 cm³/mol. The third-order valence-electron chi connectivity index (χ3n) is 3.63. The molecule has 0 aliphatic heterocycles. The molecule has 98 valence electrons. The van der Waals surface area contributed by atoms with Crippen LogP contribution in [-0.4, -0.2) is 15.9 Å². The van der Waals surface area contributed by atoms with Gasteiger partial charge in [0.2, 0.25) is 5.82 Å². The number of nitrogens with zero attached hydrogens (tertiary/aromatic N) is 2. The molecule has 0 amide bonds. The highest BCUT2D eigenvalue weighted by Gasteiger charge is 2.24. The predicted octanol–water partition coefficient (Wildman–Crippen LogP) is 3.29. The Labute approximate surface area is 107 Å². The Morgan fingerprint density at radius 2 is 2.17 bits per heavy atom. The molecule has 1 aromatic rings. The van der Waals surface area contributed by atoms with E-state index in [1.165, 1.54) is 19.3 Å². The van der Waals surface area contributed by atoms with E-state index in [4.69, 9.17) is 0 Å². The van der Waals surface area contributed by atoms with E-state index >= 15 is 0 Å². The molecule has 18 heavy (non-hydrogen) atoms. The van der Waals surface area contributed by atoms with Crippen molar-refractivity contribution in [1.29, 1.82) is 0 Å². The third kappa shape index (κ3) is 2.78. The summed E-state index contributed by atoms with van der Waals surface area (Å²) in [6, 6.07) is 1.87. The summed E-state index contributed by atoms with van der Waals surface area (Å²) in [5, 5.41) is 14.3. The summed E-state index contributed by atoms with van der Waals surface area (Å²) in [4.78, 5) is 14.8. The largest absolute Gasteiger partial charge is 0.361 e. The van der Waals surface area contributed by atoms with E-state index in [1.54, 1.807) is 12.3 Å². The molecule has 5 nitrogen and oxygen atoms in total. The number of nitro groups is 1. The molecular formula is C13H19N3O2. The van der Waals surface area contributed by atoms with E-state index in [0.29, 0.717) is 17.8 Å². The van der Waals surface area contributed by atoms with Crippen molar-refractivity contribution in [3.63, 3.8) is 0 Å². The summed E-state index contributed by atoms with van der Waals surface area (Å²) in [5.41, 5.74) is 0.886. The van der Waals surface area contributed by atoms with Crippen LogP contribution < -0.4 is 5.32 Å². The monoisotopic (exact) mass is 249 g/mol. The van der Waals surface area contributed by atoms with Crippen molar-refractivity contribution in [2.45, 2.75) is 45.6 Å². The topological polar surface area (TPSA) is 68.1 Å². The van der Waals surface area contributed by atoms with Crippen LogP contribution in [-0.2, 0) is 0 Å². The second-order valence-corrected chi connectivity index (χ2v) is 5.15. The molecule has 5 heteroatoms. The molecule has 1 fully saturated rings. The molecule has 2 rings (SSSR count). The van der Waals surface area contributed by atoms with Gasteiger partial charge in [-0.15, -0.1) is 0 Å². The van der Waals surface area contributed by atoms with Crippen LogP contribution in [0.3, 0.4) is 0 Å². The van der Waals surface area contributed by atoms with Gasteiger partial charge in [-0.2, -0.15) is 0 Å². The van der Waals surface area contributed by atoms with Crippen LogP contribution >= 0.6 is 0 Å². The van der Waals surface area contributed by atoms with Crippen LogP contribution in [0.2, 0.25) is 0 Å². The fraction of sp³-hybridized carbons (Fsp3) is 0.615. The Bertz CT molecular complexity index is 448. The lowest BCUT2D eigenvalue weighted by molar-refractivity contribution is -0.384. The van der Waals surface area contributed by atoms with E-state index in [1.807, 2.05) is 6.92 Å². The lowest BCUT2D eigenvalue weighted by Gasteiger charge is -2.29. The van der Waals surface area contributed by atoms with Gasteiger partial charge in [-0.25, -0.2) is 4.98 Å². The first-order chi connectivity index (χ1) is 8.58. The molecule has 0 spiro atoms. The second kappa shape index (κ2) is 5.33. The van der Waals surface area contributed by atoms with Gasteiger partial charge in [0.25, 0.3) is 0 Å². The van der Waals surface area contributed by atoms with Crippen molar-refractivity contribution in [1.82, 2.24) is 4.98 Å². The summed E-state index contributed by atoms with van der Waals surface area (Å²) in [6.45, 7) is 4.00. The number of aryl methyl sites for hydroxylation is 1. The number of rotatable bonds is 3. The van der Waals surface area contributed by atoms with Gasteiger partial charge >= 0.3 is 5.69 Å². The molecular weight excluding hydrogens is 230 g/mol. The average Bonchev–Trinajstić information content (AvgIpc) is 2.34. The first-order valence-electron chi connectivity index (χ1n) is 6.45. The molecule has 2 unspecified atom stereocenters. The van der Waals surface area contributed by atoms with Gasteiger partial charge in [0, 0.05) is 18.3 Å². The minimum absolute atomic E-state index is 0.0766. The molecule has 1 saturated carbocycles. The lowest BCUT2D eigenvalue weighted by atomic mass is 9.86. The molecule has 0 radical (unpaired) electrons. The lowest BCUT2D eigenvalue weighted by Crippen LogP contribution is -2.31. The van der Waals surface area contributed by atoms with Gasteiger partial charge in [0.15, 0.2) is 0 Å². The Morgan fingerprint density at radius 1 is 1.44 bits per heavy atom. The quantitative estimate of drug-likeness (QED) is 0.659. The Morgan fingerprint density at radius 3 is 2.83 bits per heavy atom. The fourth-order valence-electron chi connectivity index (χ4n) is 2.51. The summed E-state index contributed by atoms with van der Waals surface area (Å²) in [7, 11) is 0. The number of hydrogen-bond acceptors (Lipinski definition) is 4. The van der Waals surface area contributed by atoms with Gasteiger partial charge < -0.3 is 5.32 Å². The van der Waals surface area contributed by atoms with Crippen molar-refractivity contribution >= 4 is 11.5 Å². The first-order valence-corrected chi connectivity index (χ1v) is 6.45. The highest BCUT2D eigenvalue weighted by molar-refractivity contribution is 5.57. The SMILES string of the molecule is Cc1cnc(NC2CCCCC2C)c([N+](=O)[O-])c1. The van der Waals surface area contributed by atoms with E-state index in [9.17, 15) is 10.1 Å². The van der Waals surface area contributed by atoms with E-state index < -0.39 is 0 Å². The van der Waals surface area contributed by atoms with Crippen molar-refractivity contribution in [2.24, 2.45) is 5.92 Å². The molecule has 1 heterocycles. The maximum atomic E-state index is 11.0. The maximum Gasteiger partial charge on any atom is 0.311 e. The molecule has 1 N–H and O–H groups in total. The Balaban J connectivity index is 2.20. The highest BCUT2D eigenvalue weighted by atomic mass is 16.6. The second-order valence-electron chi connectivity index (χ2n) is 5.15. The number of anilines is 1. The van der Waals surface area contributed by atoms with E-state index in [-0.39, 0.29) is 10.6 Å². The third-order valence-corrected chi connectivity index (χ3v) is 3.63. The number of nitrogens with one attached hydrogen (secondary N) is 1. The summed E-state index contributed by atoms with van der Waals surface area (Å²) in [5.74, 6) is 0.950. The minimum Gasteiger partial charge on any atom is -0.361 e. The van der Waals surface area contributed by atoms with Crippen LogP contribution in [0.1, 0.15) is 38.2 Å². The Hall–Kier alpha value is -1.65. The standard InChI is InChI=1S/C13H19N3O2/c1-9-7-12(16(17)18)13(14-8-9)15-11-6-4-3-5-10(11)2/h7-8,10-11H,3-6H2,1-2H3,(H,14,15). The molecule has 0 aromatic carbocycles. The van der Waals surface area contributed by atoms with Crippen molar-refractivity contribution in [2.75, 3.05) is 5.32 Å². The van der Waals surface area contributed by atoms with Gasteiger partial charge in [-0.1, -0.05) is 19.8 Å². The van der Waals surface area contributed by atoms with Crippen LogP contribution in [0.25, 0.3) is 0 Å². The summed E-state index contributed by atoms with van der Waals surface area (Å²) >= 11 is 0. The first kappa shape index (κ1) is 12.8. The molecule has 1 aliphatic rings. The Kier molecular flexibility index (Phi) is 3.79. The van der Waals surface area contributed by atoms with Crippen molar-refractivity contribution in [3.05, 3.63) is 27.9 Å². The number of hydrogen-bond donors (Lipinski definition) is 1. The van der Waals surface area contributed by atoms with Gasteiger partial charge in [-0.05, 0) is 31.2 Å². The van der Waals surface area contributed by atoms with Crippen molar-refractivity contribution in [3.8, 4) is 0 Å². The van der Waals surface area contributed by atoms with Crippen LogP contribution in [0.15, 0.2) is 12.3 Å². The zero-order chi connectivity index (χ0) is 13.1. The highest BCUT2D eigenvalue weighted by Crippen LogP contribution is 2.29. The summed E-state index contributed by atoms with van der Waals surface area (Å²) < 4.78 is 0. The van der Waals surface area contributed by atoms with Gasteiger partial charge in [0.05, 0.1) is 4.92 Å². The number of aromatic nitrogens is 1. The summed E-state index contributed by atoms with van der Waals surface area (Å²) in [6.07, 6.45) is 6.35. The number of pyridine rings is 1. The molecule has 2 atom stereocenters. The minimum atomic E-state index is -0.365. The molecule has 0 bridgehead atoms. The van der Waals surface area contributed by atoms with Gasteiger partial charge in [-0.3, -0.25) is 10.1 Å². The average molecular weight is 249 g/mol. The smallest absolute Gasteiger partial charge is 0.311 e. The molecule has 1 aromatic heterocycles. The molecule has 0 saturated heterocycles. The fourth-order valence-corrected chi connectivity index (χ4v) is 2.51. The van der Waals surface area contributed by atoms with Crippen LogP contribution in [0, 0.1) is 23.0 Å². The van der Waals surface area contributed by atoms with Crippen LogP contribution in [0.5, 0.6) is 0 Å².